The molecule has 1 saturated heterocycles. The number of anilines is 1. The first-order valence-corrected chi connectivity index (χ1v) is 9.96. The van der Waals surface area contributed by atoms with E-state index < -0.39 is 30.4 Å². The Hall–Kier alpha value is -2.50. The monoisotopic (exact) mass is 483 g/mol. The molecule has 12 heteroatoms. The van der Waals surface area contributed by atoms with Crippen molar-refractivity contribution >= 4 is 22.8 Å². The highest BCUT2D eigenvalue weighted by Gasteiger charge is 2.58. The number of amidine groups is 1. The van der Waals surface area contributed by atoms with Crippen LogP contribution in [0.5, 0.6) is 0 Å². The summed E-state index contributed by atoms with van der Waals surface area (Å²) in [7, 11) is 0. The molecule has 0 atom stereocenters. The Kier molecular flexibility index (Phi) is 6.64. The highest BCUT2D eigenvalue weighted by Crippen LogP contribution is 2.43. The van der Waals surface area contributed by atoms with Gasteiger partial charge in [-0.15, -0.1) is 0 Å². The molecular formula is C20H17F8N3S. The molecule has 3 rings (SSSR count). The van der Waals surface area contributed by atoms with E-state index in [-0.39, 0.29) is 18.4 Å². The number of rotatable bonds is 5. The highest BCUT2D eigenvalue weighted by molar-refractivity contribution is 8.15. The van der Waals surface area contributed by atoms with E-state index in [1.54, 1.807) is 16.4 Å². The molecular weight excluding hydrogens is 466 g/mol. The average molecular weight is 483 g/mol. The maximum Gasteiger partial charge on any atom is 0.458 e. The molecule has 1 aliphatic heterocycles. The Morgan fingerprint density at radius 2 is 1.47 bits per heavy atom. The Balaban J connectivity index is 1.81. The Morgan fingerprint density at radius 1 is 0.875 bits per heavy atom. The van der Waals surface area contributed by atoms with Crippen LogP contribution in [0, 0.1) is 6.92 Å². The molecule has 3 nitrogen and oxygen atoms in total. The number of nitrogens with zero attached hydrogens (tertiary/aromatic N) is 3. The molecule has 32 heavy (non-hydrogen) atoms. The zero-order valence-electron chi connectivity index (χ0n) is 16.5. The van der Waals surface area contributed by atoms with Gasteiger partial charge in [0.15, 0.2) is 5.17 Å². The summed E-state index contributed by atoms with van der Waals surface area (Å²) in [5.41, 5.74) is 0.856. The lowest BCUT2D eigenvalue weighted by atomic mass is 10.1. The van der Waals surface area contributed by atoms with Gasteiger partial charge in [-0.05, 0) is 24.6 Å². The number of benzene rings is 2. The van der Waals surface area contributed by atoms with Gasteiger partial charge in [0.1, 0.15) is 13.2 Å². The molecule has 174 valence electrons. The lowest BCUT2D eigenvalue weighted by Crippen LogP contribution is -2.33. The van der Waals surface area contributed by atoms with E-state index in [4.69, 9.17) is 0 Å². The zero-order chi connectivity index (χ0) is 23.7. The van der Waals surface area contributed by atoms with Gasteiger partial charge in [0.05, 0.1) is 0 Å². The molecule has 0 bridgehead atoms. The normalized spacial score (nSPS) is 16.8. The van der Waals surface area contributed by atoms with Gasteiger partial charge in [0.25, 0.3) is 0 Å². The summed E-state index contributed by atoms with van der Waals surface area (Å²) in [5.74, 6) is -5.00. The highest BCUT2D eigenvalue weighted by atomic mass is 32.2. The van der Waals surface area contributed by atoms with Gasteiger partial charge in [-0.3, -0.25) is 9.30 Å². The summed E-state index contributed by atoms with van der Waals surface area (Å²) < 4.78 is 104. The van der Waals surface area contributed by atoms with E-state index in [0.717, 1.165) is 35.3 Å². The topological polar surface area (TPSA) is 18.8 Å². The second kappa shape index (κ2) is 8.80. The van der Waals surface area contributed by atoms with Crippen molar-refractivity contribution in [3.05, 3.63) is 65.2 Å². The smallest absolute Gasteiger partial charge is 0.327 e. The summed E-state index contributed by atoms with van der Waals surface area (Å²) >= 11 is 0.989. The maximum absolute atomic E-state index is 13.5. The van der Waals surface area contributed by atoms with Crippen LogP contribution in [-0.2, 0) is 12.5 Å². The van der Waals surface area contributed by atoms with Crippen LogP contribution < -0.4 is 4.31 Å². The number of halogens is 8. The van der Waals surface area contributed by atoms with Crippen LogP contribution in [0.2, 0.25) is 0 Å². The largest absolute Gasteiger partial charge is 0.458 e. The maximum atomic E-state index is 13.5. The number of aryl methyl sites for hydroxylation is 1. The molecule has 0 amide bonds. The SMILES string of the molecule is Cc1ccc(N2CN(Cc3ccc(C(F)(F)C(F)(F)F)cc3)C(=NCC(F)(F)F)S2)cc1. The first kappa shape index (κ1) is 24.1. The molecule has 1 aliphatic rings. The molecule has 0 saturated carbocycles. The van der Waals surface area contributed by atoms with Crippen LogP contribution in [-0.4, -0.2) is 35.6 Å². The third-order valence-corrected chi connectivity index (χ3v) is 5.62. The number of hydrogen-bond donors (Lipinski definition) is 0. The summed E-state index contributed by atoms with van der Waals surface area (Å²) in [5, 5.41) is 0.0626. The standard InChI is InChI=1S/C20H17F8N3S/c1-13-2-8-16(9-3-13)31-12-30(17(32-31)29-11-18(21,22)23)10-14-4-6-15(7-5-14)19(24,25)20(26,27)28/h2-9H,10-12H2,1H3. The number of hydrogen-bond acceptors (Lipinski definition) is 3. The van der Waals surface area contributed by atoms with E-state index in [2.05, 4.69) is 4.99 Å². The second-order valence-electron chi connectivity index (χ2n) is 7.13. The van der Waals surface area contributed by atoms with Crippen molar-refractivity contribution in [1.29, 1.82) is 0 Å². The minimum atomic E-state index is -5.73. The Labute approximate surface area is 182 Å². The van der Waals surface area contributed by atoms with Gasteiger partial charge in [0.2, 0.25) is 0 Å². The van der Waals surface area contributed by atoms with E-state index in [1.807, 2.05) is 19.1 Å². The summed E-state index contributed by atoms with van der Waals surface area (Å²) in [6.07, 6.45) is -10.2. The van der Waals surface area contributed by atoms with Crippen LogP contribution in [0.4, 0.5) is 40.8 Å². The molecule has 2 aromatic carbocycles. The van der Waals surface area contributed by atoms with Gasteiger partial charge >= 0.3 is 18.3 Å². The fourth-order valence-corrected chi connectivity index (χ4v) is 3.83. The first-order chi connectivity index (χ1) is 14.8. The van der Waals surface area contributed by atoms with Crippen LogP contribution in [0.25, 0.3) is 0 Å². The van der Waals surface area contributed by atoms with E-state index in [0.29, 0.717) is 17.7 Å². The Morgan fingerprint density at radius 3 is 2.00 bits per heavy atom. The third kappa shape index (κ3) is 5.64. The van der Waals surface area contributed by atoms with E-state index >= 15 is 0 Å². The lowest BCUT2D eigenvalue weighted by molar-refractivity contribution is -0.289. The first-order valence-electron chi connectivity index (χ1n) is 9.18. The Bertz CT molecular complexity index is 953. The van der Waals surface area contributed by atoms with Crippen molar-refractivity contribution in [1.82, 2.24) is 4.90 Å². The van der Waals surface area contributed by atoms with Gasteiger partial charge in [-0.1, -0.05) is 42.0 Å². The zero-order valence-corrected chi connectivity index (χ0v) is 17.3. The van der Waals surface area contributed by atoms with Crippen molar-refractivity contribution in [3.8, 4) is 0 Å². The van der Waals surface area contributed by atoms with Crippen molar-refractivity contribution < 1.29 is 35.1 Å². The molecule has 0 aliphatic carbocycles. The number of aliphatic imine (C=N–C) groups is 1. The fraction of sp³-hybridized carbons (Fsp3) is 0.350. The van der Waals surface area contributed by atoms with Gasteiger partial charge in [-0.25, -0.2) is 0 Å². The van der Waals surface area contributed by atoms with Crippen LogP contribution in [0.3, 0.4) is 0 Å². The molecule has 0 N–H and O–H groups in total. The fourth-order valence-electron chi connectivity index (χ4n) is 2.85. The quantitative estimate of drug-likeness (QED) is 0.358. The third-order valence-electron chi connectivity index (χ3n) is 4.52. The molecule has 1 fully saturated rings. The molecule has 0 aromatic heterocycles. The van der Waals surface area contributed by atoms with Gasteiger partial charge in [-0.2, -0.15) is 35.1 Å². The molecule has 0 spiro atoms. The van der Waals surface area contributed by atoms with E-state index in [1.165, 1.54) is 4.90 Å². The molecule has 0 unspecified atom stereocenters. The summed E-state index contributed by atoms with van der Waals surface area (Å²) in [6, 6.07) is 10.8. The second-order valence-corrected chi connectivity index (χ2v) is 8.12. The van der Waals surface area contributed by atoms with Crippen LogP contribution >= 0.6 is 11.9 Å². The molecule has 2 aromatic rings. The van der Waals surface area contributed by atoms with Crippen LogP contribution in [0.1, 0.15) is 16.7 Å². The van der Waals surface area contributed by atoms with Crippen molar-refractivity contribution in [2.45, 2.75) is 31.7 Å². The number of alkyl halides is 8. The van der Waals surface area contributed by atoms with Gasteiger partial charge < -0.3 is 4.90 Å². The molecule has 1 heterocycles. The summed E-state index contributed by atoms with van der Waals surface area (Å²) in [6.45, 7) is 0.606. The van der Waals surface area contributed by atoms with Crippen molar-refractivity contribution in [3.63, 3.8) is 0 Å². The minimum absolute atomic E-state index is 0.0239. The minimum Gasteiger partial charge on any atom is -0.327 e. The van der Waals surface area contributed by atoms with Gasteiger partial charge in [0, 0.05) is 29.7 Å². The predicted octanol–water partition coefficient (Wildman–Crippen LogP) is 6.50. The van der Waals surface area contributed by atoms with Crippen LogP contribution in [0.15, 0.2) is 53.5 Å². The van der Waals surface area contributed by atoms with E-state index in [9.17, 15) is 35.1 Å². The predicted molar refractivity (Wildman–Crippen MR) is 106 cm³/mol. The van der Waals surface area contributed by atoms with Crippen molar-refractivity contribution in [2.75, 3.05) is 17.5 Å². The molecule has 0 radical (unpaired) electrons. The summed E-state index contributed by atoms with van der Waals surface area (Å²) in [4.78, 5) is 5.12. The lowest BCUT2D eigenvalue weighted by Gasteiger charge is -2.21. The average Bonchev–Trinajstić information content (AvgIpc) is 3.08. The van der Waals surface area contributed by atoms with Crippen molar-refractivity contribution in [2.24, 2.45) is 4.99 Å².